The molecule has 1 aromatic heterocycles. The van der Waals surface area contributed by atoms with Crippen molar-refractivity contribution in [1.82, 2.24) is 4.90 Å². The number of morpholine rings is 1. The van der Waals surface area contributed by atoms with Crippen molar-refractivity contribution < 1.29 is 9.47 Å². The van der Waals surface area contributed by atoms with Gasteiger partial charge in [-0.05, 0) is 47.7 Å². The van der Waals surface area contributed by atoms with E-state index in [0.717, 1.165) is 39.3 Å². The Morgan fingerprint density at radius 2 is 2.00 bits per heavy atom. The van der Waals surface area contributed by atoms with Crippen molar-refractivity contribution >= 4 is 21.4 Å². The fourth-order valence-electron chi connectivity index (χ4n) is 4.19. The first-order valence-corrected chi connectivity index (χ1v) is 10.2. The summed E-state index contributed by atoms with van der Waals surface area (Å²) < 4.78 is 13.3. The van der Waals surface area contributed by atoms with Crippen LogP contribution in [-0.2, 0) is 15.9 Å². The normalized spacial score (nSPS) is 26.0. The zero-order valence-corrected chi connectivity index (χ0v) is 15.1. The number of rotatable bonds is 5. The lowest BCUT2D eigenvalue weighted by Gasteiger charge is -2.41. The first-order valence-electron chi connectivity index (χ1n) is 9.30. The Morgan fingerprint density at radius 3 is 2.92 bits per heavy atom. The Morgan fingerprint density at radius 1 is 1.12 bits per heavy atom. The number of hydrogen-bond donors (Lipinski definition) is 0. The molecule has 1 aromatic carbocycles. The van der Waals surface area contributed by atoms with Gasteiger partial charge in [0.15, 0.2) is 0 Å². The molecule has 1 saturated carbocycles. The Balaban J connectivity index is 1.36. The maximum Gasteiger partial charge on any atom is 0.0730 e. The molecule has 4 heteroatoms. The smallest absolute Gasteiger partial charge is 0.0730 e. The molecule has 130 valence electrons. The van der Waals surface area contributed by atoms with Crippen LogP contribution < -0.4 is 0 Å². The number of thiophene rings is 1. The highest BCUT2D eigenvalue weighted by Crippen LogP contribution is 2.28. The van der Waals surface area contributed by atoms with Gasteiger partial charge in [-0.25, -0.2) is 0 Å². The van der Waals surface area contributed by atoms with Gasteiger partial charge in [0, 0.05) is 23.8 Å². The van der Waals surface area contributed by atoms with Gasteiger partial charge in [-0.15, -0.1) is 11.3 Å². The van der Waals surface area contributed by atoms with Crippen LogP contribution in [0.2, 0.25) is 0 Å². The molecule has 1 aliphatic heterocycles. The number of fused-ring (bicyclic) bond motifs is 1. The summed E-state index contributed by atoms with van der Waals surface area (Å²) in [6, 6.07) is 9.47. The average molecular weight is 346 g/mol. The van der Waals surface area contributed by atoms with Crippen LogP contribution in [0.3, 0.4) is 0 Å². The molecule has 0 spiro atoms. The highest BCUT2D eigenvalue weighted by Gasteiger charge is 2.31. The molecule has 0 unspecified atom stereocenters. The molecule has 0 radical (unpaired) electrons. The van der Waals surface area contributed by atoms with Crippen molar-refractivity contribution in [2.75, 3.05) is 32.9 Å². The molecule has 3 nitrogen and oxygen atoms in total. The van der Waals surface area contributed by atoms with Crippen LogP contribution in [0.5, 0.6) is 0 Å². The summed E-state index contributed by atoms with van der Waals surface area (Å²) in [5, 5.41) is 3.59. The third-order valence-electron chi connectivity index (χ3n) is 5.47. The van der Waals surface area contributed by atoms with Gasteiger partial charge in [0.2, 0.25) is 0 Å². The van der Waals surface area contributed by atoms with Crippen molar-refractivity contribution in [2.24, 2.45) is 0 Å². The predicted molar refractivity (Wildman–Crippen MR) is 99.9 cm³/mol. The number of benzene rings is 1. The van der Waals surface area contributed by atoms with Crippen molar-refractivity contribution in [3.63, 3.8) is 0 Å². The van der Waals surface area contributed by atoms with Crippen molar-refractivity contribution in [3.8, 4) is 0 Å². The number of hydrogen-bond acceptors (Lipinski definition) is 4. The lowest BCUT2D eigenvalue weighted by Crippen LogP contribution is -2.51. The molecule has 2 atom stereocenters. The maximum absolute atomic E-state index is 6.40. The van der Waals surface area contributed by atoms with Crippen LogP contribution in [0.25, 0.3) is 10.1 Å². The third-order valence-corrected chi connectivity index (χ3v) is 6.35. The van der Waals surface area contributed by atoms with Crippen molar-refractivity contribution in [1.29, 1.82) is 0 Å². The molecule has 2 heterocycles. The average Bonchev–Trinajstić information content (AvgIpc) is 3.12. The van der Waals surface area contributed by atoms with E-state index in [1.165, 1.54) is 41.3 Å². The standard InChI is InChI=1S/C20H27NO2S/c1-2-6-19(18(5-1)21-10-13-22-14-11-21)23-12-8-16-4-3-7-20-17(16)9-15-24-20/h3-4,7,9,15,18-19H,1-2,5-6,8,10-14H2/t18-,19-/m0/s1. The van der Waals surface area contributed by atoms with E-state index < -0.39 is 0 Å². The van der Waals surface area contributed by atoms with Crippen LogP contribution in [0.15, 0.2) is 29.6 Å². The second-order valence-electron chi connectivity index (χ2n) is 6.91. The molecule has 2 fully saturated rings. The molecular formula is C20H27NO2S. The van der Waals surface area contributed by atoms with Crippen molar-refractivity contribution in [2.45, 2.75) is 44.2 Å². The molecule has 1 aliphatic carbocycles. The van der Waals surface area contributed by atoms with Gasteiger partial charge in [-0.1, -0.05) is 25.0 Å². The van der Waals surface area contributed by atoms with E-state index in [2.05, 4.69) is 34.5 Å². The molecule has 2 aliphatic rings. The van der Waals surface area contributed by atoms with Gasteiger partial charge in [0.25, 0.3) is 0 Å². The van der Waals surface area contributed by atoms with E-state index in [1.807, 2.05) is 11.3 Å². The Hall–Kier alpha value is -0.940. The van der Waals surface area contributed by atoms with Crippen LogP contribution in [0.4, 0.5) is 0 Å². The first kappa shape index (κ1) is 16.5. The lowest BCUT2D eigenvalue weighted by molar-refractivity contribution is -0.0647. The summed E-state index contributed by atoms with van der Waals surface area (Å²) in [7, 11) is 0. The molecule has 0 N–H and O–H groups in total. The van der Waals surface area contributed by atoms with E-state index in [4.69, 9.17) is 9.47 Å². The molecule has 0 bridgehead atoms. The Labute approximate surface area is 148 Å². The number of nitrogens with zero attached hydrogens (tertiary/aromatic N) is 1. The molecule has 2 aromatic rings. The zero-order chi connectivity index (χ0) is 16.2. The molecule has 4 rings (SSSR count). The van der Waals surface area contributed by atoms with Crippen LogP contribution in [0.1, 0.15) is 31.2 Å². The molecule has 0 amide bonds. The van der Waals surface area contributed by atoms with Gasteiger partial charge >= 0.3 is 0 Å². The van der Waals surface area contributed by atoms with E-state index in [-0.39, 0.29) is 0 Å². The lowest BCUT2D eigenvalue weighted by atomic mass is 9.91. The summed E-state index contributed by atoms with van der Waals surface area (Å²) in [5.41, 5.74) is 1.42. The van der Waals surface area contributed by atoms with Gasteiger partial charge < -0.3 is 9.47 Å². The molecular weight excluding hydrogens is 318 g/mol. The van der Waals surface area contributed by atoms with Gasteiger partial charge in [-0.2, -0.15) is 0 Å². The van der Waals surface area contributed by atoms with Crippen LogP contribution in [-0.4, -0.2) is 50.0 Å². The topological polar surface area (TPSA) is 21.7 Å². The minimum Gasteiger partial charge on any atom is -0.379 e. The second kappa shape index (κ2) is 7.96. The van der Waals surface area contributed by atoms with E-state index >= 15 is 0 Å². The highest BCUT2D eigenvalue weighted by molar-refractivity contribution is 7.17. The summed E-state index contributed by atoms with van der Waals surface area (Å²) >= 11 is 1.82. The Kier molecular flexibility index (Phi) is 5.48. The van der Waals surface area contributed by atoms with Gasteiger partial charge in [0.05, 0.1) is 25.9 Å². The second-order valence-corrected chi connectivity index (χ2v) is 7.86. The summed E-state index contributed by atoms with van der Waals surface area (Å²) in [6.07, 6.45) is 6.57. The van der Waals surface area contributed by atoms with E-state index in [9.17, 15) is 0 Å². The zero-order valence-electron chi connectivity index (χ0n) is 14.3. The van der Waals surface area contributed by atoms with Crippen LogP contribution >= 0.6 is 11.3 Å². The Bertz CT molecular complexity index is 650. The van der Waals surface area contributed by atoms with Gasteiger partial charge in [0.1, 0.15) is 0 Å². The number of ether oxygens (including phenoxy) is 2. The summed E-state index contributed by atoms with van der Waals surface area (Å²) in [5.74, 6) is 0. The van der Waals surface area contributed by atoms with Gasteiger partial charge in [-0.3, -0.25) is 4.90 Å². The molecule has 24 heavy (non-hydrogen) atoms. The maximum atomic E-state index is 6.40. The molecule has 1 saturated heterocycles. The predicted octanol–water partition coefficient (Wildman–Crippen LogP) is 4.10. The quantitative estimate of drug-likeness (QED) is 0.814. The summed E-state index contributed by atoms with van der Waals surface area (Å²) in [4.78, 5) is 2.60. The van der Waals surface area contributed by atoms with Crippen LogP contribution in [0, 0.1) is 0 Å². The van der Waals surface area contributed by atoms with Crippen molar-refractivity contribution in [3.05, 3.63) is 35.2 Å². The largest absolute Gasteiger partial charge is 0.379 e. The highest BCUT2D eigenvalue weighted by atomic mass is 32.1. The minimum atomic E-state index is 0.401. The fraction of sp³-hybridized carbons (Fsp3) is 0.600. The summed E-state index contributed by atoms with van der Waals surface area (Å²) in [6.45, 7) is 4.73. The monoisotopic (exact) mass is 345 g/mol. The third kappa shape index (κ3) is 3.67. The first-order chi connectivity index (χ1) is 11.9. The SMILES string of the molecule is c1cc(CCO[C@H]2CCCC[C@@H]2N2CCOCC2)c2ccsc2c1. The minimum absolute atomic E-state index is 0.401. The fourth-order valence-corrected chi connectivity index (χ4v) is 5.03. The van der Waals surface area contributed by atoms with E-state index in [1.54, 1.807) is 0 Å². The van der Waals surface area contributed by atoms with E-state index in [0.29, 0.717) is 12.1 Å².